The molecule has 0 atom stereocenters. The van der Waals surface area contributed by atoms with E-state index in [2.05, 4.69) is 241 Å². The second-order valence-electron chi connectivity index (χ2n) is 15.3. The summed E-state index contributed by atoms with van der Waals surface area (Å²) in [5.41, 5.74) is 12.9. The van der Waals surface area contributed by atoms with Crippen LogP contribution in [0.4, 0.5) is 17.1 Å². The van der Waals surface area contributed by atoms with Crippen LogP contribution in [0.1, 0.15) is 0 Å². The molecule has 0 bridgehead atoms. The van der Waals surface area contributed by atoms with E-state index in [0.717, 1.165) is 17.1 Å². The molecule has 0 fully saturated rings. The first-order chi connectivity index (χ1) is 29.3. The van der Waals surface area contributed by atoms with Gasteiger partial charge in [0.1, 0.15) is 0 Å². The quantitative estimate of drug-likeness (QED) is 0.157. The van der Waals surface area contributed by atoms with Gasteiger partial charge in [-0.15, -0.1) is 0 Å². The van der Waals surface area contributed by atoms with Gasteiger partial charge in [0.2, 0.25) is 0 Å². The molecule has 0 aliphatic rings. The van der Waals surface area contributed by atoms with Crippen LogP contribution in [0.15, 0.2) is 237 Å². The van der Waals surface area contributed by atoms with E-state index in [-0.39, 0.29) is 0 Å². The lowest BCUT2D eigenvalue weighted by atomic mass is 9.91. The molecule has 0 amide bonds. The maximum absolute atomic E-state index is 2.48. The third-order valence-corrected chi connectivity index (χ3v) is 11.8. The van der Waals surface area contributed by atoms with E-state index in [1.165, 1.54) is 87.6 Å². The predicted octanol–water partition coefficient (Wildman–Crippen LogP) is 16.4. The largest absolute Gasteiger partial charge is 0.309 e. The number of hydrogen-bond acceptors (Lipinski definition) is 1. The molecule has 0 saturated carbocycles. The van der Waals surface area contributed by atoms with Gasteiger partial charge in [0.05, 0.1) is 11.4 Å². The number of hydrogen-bond donors (Lipinski definition) is 0. The third kappa shape index (κ3) is 6.21. The second kappa shape index (κ2) is 14.6. The first-order valence-electron chi connectivity index (χ1n) is 20.3. The van der Waals surface area contributed by atoms with E-state index < -0.39 is 0 Å². The van der Waals surface area contributed by atoms with Crippen molar-refractivity contribution in [3.05, 3.63) is 237 Å². The van der Waals surface area contributed by atoms with Gasteiger partial charge in [0.15, 0.2) is 0 Å². The Hall–Kier alpha value is -7.74. The van der Waals surface area contributed by atoms with Crippen LogP contribution in [-0.4, -0.2) is 0 Å². The summed E-state index contributed by atoms with van der Waals surface area (Å²) in [6.07, 6.45) is 0. The highest BCUT2D eigenvalue weighted by Crippen LogP contribution is 2.47. The van der Waals surface area contributed by atoms with Gasteiger partial charge >= 0.3 is 0 Å². The lowest BCUT2D eigenvalue weighted by Crippen LogP contribution is -2.12. The average Bonchev–Trinajstić information content (AvgIpc) is 3.31. The summed E-state index contributed by atoms with van der Waals surface area (Å²) in [6.45, 7) is 0. The Labute approximate surface area is 344 Å². The molecule has 11 aromatic carbocycles. The maximum atomic E-state index is 2.48. The minimum absolute atomic E-state index is 1.09. The van der Waals surface area contributed by atoms with Crippen LogP contribution in [0, 0.1) is 0 Å². The first kappa shape index (κ1) is 34.5. The van der Waals surface area contributed by atoms with E-state index >= 15 is 0 Å². The molecule has 1 heteroatoms. The van der Waals surface area contributed by atoms with Crippen molar-refractivity contribution in [2.24, 2.45) is 0 Å². The fraction of sp³-hybridized carbons (Fsp3) is 0. The molecule has 0 saturated heterocycles. The van der Waals surface area contributed by atoms with E-state index in [1.807, 2.05) is 0 Å². The zero-order valence-electron chi connectivity index (χ0n) is 32.5. The molecular formula is C58H39N. The zero-order chi connectivity index (χ0) is 39.1. The lowest BCUT2D eigenvalue weighted by Gasteiger charge is -2.30. The number of fused-ring (bicyclic) bond motifs is 4. The fourth-order valence-corrected chi connectivity index (χ4v) is 9.01. The van der Waals surface area contributed by atoms with Crippen LogP contribution in [0.25, 0.3) is 87.6 Å². The molecule has 0 aliphatic heterocycles. The standard InChI is InChI=1S/C58H39N/c1-5-24-49-41(14-1)18-10-28-52(49)46-23-9-22-45(38-46)40-32-35-48(36-33-40)59(57-31-13-21-44-17-4-8-27-54(44)57)58-39-47(53-29-11-19-42-15-2-6-25-50(42)53)34-37-56(58)55-30-12-20-43-16-3-7-26-51(43)55/h1-39H. The minimum Gasteiger partial charge on any atom is -0.309 e. The summed E-state index contributed by atoms with van der Waals surface area (Å²) in [5, 5.41) is 9.84. The predicted molar refractivity (Wildman–Crippen MR) is 253 cm³/mol. The summed E-state index contributed by atoms with van der Waals surface area (Å²) < 4.78 is 0. The Morgan fingerprint density at radius 3 is 1.25 bits per heavy atom. The Morgan fingerprint density at radius 1 is 0.220 bits per heavy atom. The Morgan fingerprint density at radius 2 is 0.644 bits per heavy atom. The normalized spacial score (nSPS) is 11.4. The summed E-state index contributed by atoms with van der Waals surface area (Å²) in [6, 6.07) is 86.4. The molecule has 11 rings (SSSR count). The summed E-state index contributed by atoms with van der Waals surface area (Å²) in [5.74, 6) is 0. The Kier molecular flexibility index (Phi) is 8.56. The molecular weight excluding hydrogens is 711 g/mol. The molecule has 276 valence electrons. The number of rotatable bonds is 7. The van der Waals surface area contributed by atoms with Gasteiger partial charge in [0, 0.05) is 16.6 Å². The summed E-state index contributed by atoms with van der Waals surface area (Å²) >= 11 is 0. The molecule has 0 aliphatic carbocycles. The van der Waals surface area contributed by atoms with Gasteiger partial charge in [-0.3, -0.25) is 0 Å². The van der Waals surface area contributed by atoms with Gasteiger partial charge in [0.25, 0.3) is 0 Å². The van der Waals surface area contributed by atoms with Gasteiger partial charge in [-0.05, 0) is 107 Å². The third-order valence-electron chi connectivity index (χ3n) is 11.8. The van der Waals surface area contributed by atoms with Gasteiger partial charge in [-0.25, -0.2) is 0 Å². The lowest BCUT2D eigenvalue weighted by molar-refractivity contribution is 1.30. The SMILES string of the molecule is c1cc(-c2ccc(N(c3cc(-c4cccc5ccccc45)ccc3-c3cccc4ccccc34)c3cccc4ccccc34)cc2)cc(-c2cccc3ccccc23)c1. The summed E-state index contributed by atoms with van der Waals surface area (Å²) in [4.78, 5) is 2.48. The van der Waals surface area contributed by atoms with Crippen LogP contribution < -0.4 is 4.90 Å². The van der Waals surface area contributed by atoms with Crippen molar-refractivity contribution in [2.45, 2.75) is 0 Å². The van der Waals surface area contributed by atoms with Crippen molar-refractivity contribution < 1.29 is 0 Å². The van der Waals surface area contributed by atoms with Crippen LogP contribution in [0.5, 0.6) is 0 Å². The summed E-state index contributed by atoms with van der Waals surface area (Å²) in [7, 11) is 0. The van der Waals surface area contributed by atoms with Crippen LogP contribution in [-0.2, 0) is 0 Å². The van der Waals surface area contributed by atoms with Crippen LogP contribution in [0.2, 0.25) is 0 Å². The highest BCUT2D eigenvalue weighted by atomic mass is 15.1. The van der Waals surface area contributed by atoms with E-state index in [9.17, 15) is 0 Å². The topological polar surface area (TPSA) is 3.24 Å². The molecule has 0 radical (unpaired) electrons. The fourth-order valence-electron chi connectivity index (χ4n) is 9.01. The van der Waals surface area contributed by atoms with Crippen LogP contribution >= 0.6 is 0 Å². The second-order valence-corrected chi connectivity index (χ2v) is 15.3. The minimum atomic E-state index is 1.09. The Bertz CT molecular complexity index is 3320. The van der Waals surface area contributed by atoms with Crippen molar-refractivity contribution >= 4 is 60.2 Å². The number of anilines is 3. The van der Waals surface area contributed by atoms with E-state index in [1.54, 1.807) is 0 Å². The molecule has 1 nitrogen and oxygen atoms in total. The first-order valence-corrected chi connectivity index (χ1v) is 20.3. The highest BCUT2D eigenvalue weighted by Gasteiger charge is 2.22. The van der Waals surface area contributed by atoms with Gasteiger partial charge in [-0.1, -0.05) is 206 Å². The van der Waals surface area contributed by atoms with Crippen molar-refractivity contribution in [3.63, 3.8) is 0 Å². The van der Waals surface area contributed by atoms with Crippen molar-refractivity contribution in [1.82, 2.24) is 0 Å². The smallest absolute Gasteiger partial charge is 0.0546 e. The van der Waals surface area contributed by atoms with Crippen molar-refractivity contribution in [1.29, 1.82) is 0 Å². The highest BCUT2D eigenvalue weighted by molar-refractivity contribution is 6.07. The van der Waals surface area contributed by atoms with Crippen molar-refractivity contribution in [2.75, 3.05) is 4.90 Å². The van der Waals surface area contributed by atoms with Gasteiger partial charge in [-0.2, -0.15) is 0 Å². The molecule has 0 aromatic heterocycles. The van der Waals surface area contributed by atoms with Crippen LogP contribution in [0.3, 0.4) is 0 Å². The number of benzene rings is 11. The maximum Gasteiger partial charge on any atom is 0.0546 e. The molecule has 0 spiro atoms. The van der Waals surface area contributed by atoms with E-state index in [4.69, 9.17) is 0 Å². The van der Waals surface area contributed by atoms with Gasteiger partial charge < -0.3 is 4.90 Å². The molecule has 0 unspecified atom stereocenters. The monoisotopic (exact) mass is 749 g/mol. The Balaban J connectivity index is 1.12. The molecule has 0 N–H and O–H groups in total. The molecule has 0 heterocycles. The van der Waals surface area contributed by atoms with Crippen molar-refractivity contribution in [3.8, 4) is 44.5 Å². The molecule has 59 heavy (non-hydrogen) atoms. The number of nitrogens with zero attached hydrogens (tertiary/aromatic N) is 1. The zero-order valence-corrected chi connectivity index (χ0v) is 32.5. The molecule has 11 aromatic rings. The van der Waals surface area contributed by atoms with E-state index in [0.29, 0.717) is 0 Å². The average molecular weight is 750 g/mol.